The van der Waals surface area contributed by atoms with Crippen LogP contribution in [0.15, 0.2) is 66.7 Å². The number of rotatable bonds is 6. The highest BCUT2D eigenvalue weighted by molar-refractivity contribution is 6.39. The fourth-order valence-electron chi connectivity index (χ4n) is 2.80. The first-order valence-electron chi connectivity index (χ1n) is 8.89. The number of benzene rings is 3. The second-order valence-corrected chi connectivity index (χ2v) is 7.18. The molecule has 0 saturated heterocycles. The molecule has 0 aromatic heterocycles. The molecule has 3 N–H and O–H groups in total. The number of nitrogens with one attached hydrogen (secondary N) is 3. The van der Waals surface area contributed by atoms with Crippen LogP contribution >= 0.6 is 23.2 Å². The van der Waals surface area contributed by atoms with Gasteiger partial charge in [-0.15, -0.1) is 0 Å². The molecule has 0 atom stereocenters. The van der Waals surface area contributed by atoms with Crippen LogP contribution in [0.4, 0.5) is 22.7 Å². The minimum atomic E-state index is -0.190. The van der Waals surface area contributed by atoms with Gasteiger partial charge in [0.25, 0.3) is 0 Å². The lowest BCUT2D eigenvalue weighted by Crippen LogP contribution is -2.15. The molecule has 7 heteroatoms. The van der Waals surface area contributed by atoms with Gasteiger partial charge in [-0.2, -0.15) is 0 Å². The molecule has 3 rings (SSSR count). The first-order chi connectivity index (χ1) is 13.9. The minimum absolute atomic E-state index is 0.148. The molecule has 0 aliphatic heterocycles. The molecule has 5 nitrogen and oxygen atoms in total. The number of anilines is 4. The highest BCUT2D eigenvalue weighted by atomic mass is 35.5. The van der Waals surface area contributed by atoms with Crippen molar-refractivity contribution in [3.8, 4) is 0 Å². The second-order valence-electron chi connectivity index (χ2n) is 6.37. The SMILES string of the molecule is CC(=O)Nc1cccc(NC(=O)Cc2ccccc2Nc2c(Cl)cccc2Cl)c1. The van der Waals surface area contributed by atoms with Crippen LogP contribution < -0.4 is 16.0 Å². The van der Waals surface area contributed by atoms with Gasteiger partial charge in [0.1, 0.15) is 0 Å². The summed E-state index contributed by atoms with van der Waals surface area (Å²) in [6, 6.07) is 19.7. The molecule has 0 heterocycles. The average Bonchev–Trinajstić information content (AvgIpc) is 2.66. The Kier molecular flexibility index (Phi) is 6.75. The monoisotopic (exact) mass is 427 g/mol. The topological polar surface area (TPSA) is 70.2 Å². The van der Waals surface area contributed by atoms with Crippen LogP contribution in [0, 0.1) is 0 Å². The largest absolute Gasteiger partial charge is 0.353 e. The molecule has 3 aromatic carbocycles. The van der Waals surface area contributed by atoms with Crippen LogP contribution in [0.1, 0.15) is 12.5 Å². The number of hydrogen-bond donors (Lipinski definition) is 3. The Labute approximate surface area is 179 Å². The summed E-state index contributed by atoms with van der Waals surface area (Å²) in [5.41, 5.74) is 3.34. The molecule has 0 aliphatic rings. The van der Waals surface area contributed by atoms with Gasteiger partial charge in [-0.05, 0) is 42.0 Å². The van der Waals surface area contributed by atoms with Crippen molar-refractivity contribution in [3.05, 3.63) is 82.3 Å². The summed E-state index contributed by atoms with van der Waals surface area (Å²) in [5, 5.41) is 9.74. The van der Waals surface area contributed by atoms with Crippen molar-refractivity contribution in [2.24, 2.45) is 0 Å². The number of hydrogen-bond acceptors (Lipinski definition) is 3. The third-order valence-corrected chi connectivity index (χ3v) is 4.69. The van der Waals surface area contributed by atoms with Crippen molar-refractivity contribution < 1.29 is 9.59 Å². The van der Waals surface area contributed by atoms with Gasteiger partial charge in [0.15, 0.2) is 0 Å². The van der Waals surface area contributed by atoms with Crippen LogP contribution in [-0.2, 0) is 16.0 Å². The smallest absolute Gasteiger partial charge is 0.228 e. The zero-order valence-corrected chi connectivity index (χ0v) is 17.1. The van der Waals surface area contributed by atoms with E-state index in [1.807, 2.05) is 24.3 Å². The van der Waals surface area contributed by atoms with Crippen molar-refractivity contribution >= 4 is 57.8 Å². The molecular weight excluding hydrogens is 409 g/mol. The van der Waals surface area contributed by atoms with Crippen LogP contribution in [0.25, 0.3) is 0 Å². The first-order valence-corrected chi connectivity index (χ1v) is 9.64. The fraction of sp³-hybridized carbons (Fsp3) is 0.0909. The number of para-hydroxylation sites is 2. The summed E-state index contributed by atoms with van der Waals surface area (Å²) >= 11 is 12.5. The molecule has 0 radical (unpaired) electrons. The molecule has 148 valence electrons. The van der Waals surface area contributed by atoms with Crippen LogP contribution in [0.5, 0.6) is 0 Å². The van der Waals surface area contributed by atoms with E-state index in [9.17, 15) is 9.59 Å². The van der Waals surface area contributed by atoms with Gasteiger partial charge in [0, 0.05) is 24.0 Å². The van der Waals surface area contributed by atoms with E-state index in [0.29, 0.717) is 27.1 Å². The minimum Gasteiger partial charge on any atom is -0.353 e. The lowest BCUT2D eigenvalue weighted by atomic mass is 10.1. The van der Waals surface area contributed by atoms with Crippen molar-refractivity contribution in [2.75, 3.05) is 16.0 Å². The van der Waals surface area contributed by atoms with E-state index in [4.69, 9.17) is 23.2 Å². The summed E-state index contributed by atoms with van der Waals surface area (Å²) in [4.78, 5) is 23.8. The summed E-state index contributed by atoms with van der Waals surface area (Å²) in [6.45, 7) is 1.43. The highest BCUT2D eigenvalue weighted by Gasteiger charge is 2.12. The number of carbonyl (C=O) groups is 2. The predicted octanol–water partition coefficient (Wildman–Crippen LogP) is 5.88. The zero-order chi connectivity index (χ0) is 20.8. The summed E-state index contributed by atoms with van der Waals surface area (Å²) in [6.07, 6.45) is 0.148. The van der Waals surface area contributed by atoms with Crippen LogP contribution in [0.3, 0.4) is 0 Å². The van der Waals surface area contributed by atoms with Crippen molar-refractivity contribution in [1.82, 2.24) is 0 Å². The predicted molar refractivity (Wildman–Crippen MR) is 119 cm³/mol. The average molecular weight is 428 g/mol. The van der Waals surface area contributed by atoms with Crippen molar-refractivity contribution in [1.29, 1.82) is 0 Å². The Morgan fingerprint density at radius 3 is 2.14 bits per heavy atom. The van der Waals surface area contributed by atoms with Gasteiger partial charge >= 0.3 is 0 Å². The number of amides is 2. The molecule has 2 amide bonds. The van der Waals surface area contributed by atoms with Crippen LogP contribution in [0.2, 0.25) is 10.0 Å². The number of halogens is 2. The summed E-state index contributed by atoms with van der Waals surface area (Å²) in [5.74, 6) is -0.365. The Balaban J connectivity index is 1.74. The van der Waals surface area contributed by atoms with E-state index in [1.54, 1.807) is 42.5 Å². The fourth-order valence-corrected chi connectivity index (χ4v) is 3.30. The Bertz CT molecular complexity index is 1030. The van der Waals surface area contributed by atoms with E-state index in [-0.39, 0.29) is 18.2 Å². The van der Waals surface area contributed by atoms with E-state index in [0.717, 1.165) is 11.3 Å². The third kappa shape index (κ3) is 5.73. The number of carbonyl (C=O) groups excluding carboxylic acids is 2. The third-order valence-electron chi connectivity index (χ3n) is 4.06. The summed E-state index contributed by atoms with van der Waals surface area (Å²) < 4.78 is 0. The van der Waals surface area contributed by atoms with E-state index in [2.05, 4.69) is 16.0 Å². The quantitative estimate of drug-likeness (QED) is 0.460. The van der Waals surface area contributed by atoms with Gasteiger partial charge in [-0.25, -0.2) is 0 Å². The maximum absolute atomic E-state index is 12.6. The second kappa shape index (κ2) is 9.45. The lowest BCUT2D eigenvalue weighted by Gasteiger charge is -2.14. The van der Waals surface area contributed by atoms with E-state index < -0.39 is 0 Å². The first kappa shape index (κ1) is 20.7. The van der Waals surface area contributed by atoms with E-state index in [1.165, 1.54) is 6.92 Å². The molecule has 29 heavy (non-hydrogen) atoms. The molecule has 0 saturated carbocycles. The van der Waals surface area contributed by atoms with Crippen molar-refractivity contribution in [3.63, 3.8) is 0 Å². The molecule has 0 aliphatic carbocycles. The van der Waals surface area contributed by atoms with Gasteiger partial charge in [0.2, 0.25) is 11.8 Å². The van der Waals surface area contributed by atoms with Gasteiger partial charge in [0.05, 0.1) is 22.2 Å². The van der Waals surface area contributed by atoms with Gasteiger partial charge in [-0.1, -0.05) is 53.5 Å². The maximum atomic E-state index is 12.6. The Morgan fingerprint density at radius 2 is 1.45 bits per heavy atom. The molecule has 3 aromatic rings. The molecular formula is C22H19Cl2N3O2. The normalized spacial score (nSPS) is 10.3. The molecule has 0 spiro atoms. The lowest BCUT2D eigenvalue weighted by molar-refractivity contribution is -0.115. The van der Waals surface area contributed by atoms with Crippen LogP contribution in [-0.4, -0.2) is 11.8 Å². The van der Waals surface area contributed by atoms with E-state index >= 15 is 0 Å². The Hall–Kier alpha value is -3.02. The van der Waals surface area contributed by atoms with Gasteiger partial charge < -0.3 is 16.0 Å². The molecule has 0 fully saturated rings. The maximum Gasteiger partial charge on any atom is 0.228 e. The zero-order valence-electron chi connectivity index (χ0n) is 15.6. The standard InChI is InChI=1S/C22H19Cl2N3O2/c1-14(28)25-16-7-4-8-17(13-16)26-21(29)12-15-6-2-3-11-20(15)27-22-18(23)9-5-10-19(22)24/h2-11,13,27H,12H2,1H3,(H,25,28)(H,26,29). The van der Waals surface area contributed by atoms with Gasteiger partial charge in [-0.3, -0.25) is 9.59 Å². The molecule has 0 unspecified atom stereocenters. The summed E-state index contributed by atoms with van der Waals surface area (Å²) in [7, 11) is 0. The highest BCUT2D eigenvalue weighted by Crippen LogP contribution is 2.33. The molecule has 0 bridgehead atoms. The van der Waals surface area contributed by atoms with Crippen molar-refractivity contribution in [2.45, 2.75) is 13.3 Å². The Morgan fingerprint density at radius 1 is 0.828 bits per heavy atom.